The molecule has 25 heavy (non-hydrogen) atoms. The highest BCUT2D eigenvalue weighted by Crippen LogP contribution is 2.18. The Hall–Kier alpha value is -1.75. The highest BCUT2D eigenvalue weighted by molar-refractivity contribution is 5.74. The van der Waals surface area contributed by atoms with E-state index >= 15 is 0 Å². The molecule has 0 radical (unpaired) electrons. The van der Waals surface area contributed by atoms with Crippen molar-refractivity contribution in [3.05, 3.63) is 30.3 Å². The van der Waals surface area contributed by atoms with Crippen LogP contribution in [0.3, 0.4) is 0 Å². The number of nitrogens with zero attached hydrogens (tertiary/aromatic N) is 3. The van der Waals surface area contributed by atoms with Crippen LogP contribution in [0.1, 0.15) is 26.7 Å². The summed E-state index contributed by atoms with van der Waals surface area (Å²) in [5.74, 6) is 0.846. The van der Waals surface area contributed by atoms with Crippen LogP contribution < -0.4 is 10.2 Å². The van der Waals surface area contributed by atoms with E-state index in [1.165, 1.54) is 18.5 Å². The number of benzene rings is 1. The molecule has 1 aromatic rings. The first-order valence-electron chi connectivity index (χ1n) is 9.70. The number of piperidine rings is 1. The maximum absolute atomic E-state index is 12.5. The largest absolute Gasteiger partial charge is 0.368 e. The fourth-order valence-electron chi connectivity index (χ4n) is 3.75. The number of rotatable bonds is 4. The number of carbonyl (C=O) groups excluding carboxylic acids is 1. The molecule has 0 aliphatic carbocycles. The summed E-state index contributed by atoms with van der Waals surface area (Å²) in [5, 5.41) is 3.14. The van der Waals surface area contributed by atoms with E-state index in [1.54, 1.807) is 0 Å². The zero-order valence-electron chi connectivity index (χ0n) is 15.7. The number of nitrogens with one attached hydrogen (secondary N) is 1. The van der Waals surface area contributed by atoms with Gasteiger partial charge in [0.15, 0.2) is 0 Å². The highest BCUT2D eigenvalue weighted by atomic mass is 16.2. The minimum absolute atomic E-state index is 0.0879. The van der Waals surface area contributed by atoms with E-state index in [4.69, 9.17) is 0 Å². The molecule has 1 unspecified atom stereocenters. The lowest BCUT2D eigenvalue weighted by molar-refractivity contribution is 0.141. The summed E-state index contributed by atoms with van der Waals surface area (Å²) in [5.41, 5.74) is 1.25. The van der Waals surface area contributed by atoms with E-state index in [9.17, 15) is 4.79 Å². The Balaban J connectivity index is 1.39. The van der Waals surface area contributed by atoms with E-state index in [-0.39, 0.29) is 6.03 Å². The molecule has 1 atom stereocenters. The van der Waals surface area contributed by atoms with Gasteiger partial charge in [0, 0.05) is 44.5 Å². The fraction of sp³-hybridized carbons (Fsp3) is 0.650. The number of hydrogen-bond acceptors (Lipinski definition) is 3. The molecule has 2 saturated heterocycles. The fourth-order valence-corrected chi connectivity index (χ4v) is 3.75. The lowest BCUT2D eigenvalue weighted by Crippen LogP contribution is -2.54. The van der Waals surface area contributed by atoms with E-state index in [2.05, 4.69) is 53.2 Å². The number of amides is 2. The van der Waals surface area contributed by atoms with Crippen molar-refractivity contribution in [3.63, 3.8) is 0 Å². The molecule has 2 amide bonds. The van der Waals surface area contributed by atoms with Crippen LogP contribution in [0.15, 0.2) is 30.3 Å². The second-order valence-electron chi connectivity index (χ2n) is 7.56. The van der Waals surface area contributed by atoms with Crippen molar-refractivity contribution in [1.29, 1.82) is 0 Å². The Morgan fingerprint density at radius 1 is 1.08 bits per heavy atom. The Morgan fingerprint density at radius 3 is 2.36 bits per heavy atom. The molecule has 138 valence electrons. The molecule has 0 spiro atoms. The standard InChI is InChI=1S/C20H32N4O/c1-17-8-10-22(11-9-17)18(2)16-21-20(25)24-14-12-23(13-15-24)19-6-4-3-5-7-19/h3-7,17-18H,8-16H2,1-2H3,(H,21,25). The van der Waals surface area contributed by atoms with Gasteiger partial charge in [-0.25, -0.2) is 4.79 Å². The number of hydrogen-bond donors (Lipinski definition) is 1. The number of para-hydroxylation sites is 1. The molecule has 2 heterocycles. The van der Waals surface area contributed by atoms with Crippen LogP contribution in [0.4, 0.5) is 10.5 Å². The molecule has 1 aromatic carbocycles. The normalized spacial score (nSPS) is 21.2. The van der Waals surface area contributed by atoms with Crippen molar-refractivity contribution in [2.24, 2.45) is 5.92 Å². The average molecular weight is 345 g/mol. The summed E-state index contributed by atoms with van der Waals surface area (Å²) in [4.78, 5) is 19.3. The maximum atomic E-state index is 12.5. The minimum Gasteiger partial charge on any atom is -0.368 e. The van der Waals surface area contributed by atoms with E-state index in [1.807, 2.05) is 11.0 Å². The monoisotopic (exact) mass is 344 g/mol. The van der Waals surface area contributed by atoms with Gasteiger partial charge in [-0.3, -0.25) is 4.90 Å². The maximum Gasteiger partial charge on any atom is 0.317 e. The smallest absolute Gasteiger partial charge is 0.317 e. The van der Waals surface area contributed by atoms with Gasteiger partial charge in [0.1, 0.15) is 0 Å². The summed E-state index contributed by atoms with van der Waals surface area (Å²) in [6, 6.07) is 11.0. The zero-order valence-corrected chi connectivity index (χ0v) is 15.7. The molecule has 0 saturated carbocycles. The van der Waals surface area contributed by atoms with Crippen molar-refractivity contribution in [1.82, 2.24) is 15.1 Å². The topological polar surface area (TPSA) is 38.8 Å². The molecule has 2 fully saturated rings. The number of likely N-dealkylation sites (tertiary alicyclic amines) is 1. The van der Waals surface area contributed by atoms with Crippen LogP contribution in [0, 0.1) is 5.92 Å². The molecule has 2 aliphatic rings. The van der Waals surface area contributed by atoms with Gasteiger partial charge in [-0.15, -0.1) is 0 Å². The molecular formula is C20H32N4O. The molecule has 3 rings (SSSR count). The number of urea groups is 1. The van der Waals surface area contributed by atoms with Crippen LogP contribution in [0.2, 0.25) is 0 Å². The van der Waals surface area contributed by atoms with E-state index < -0.39 is 0 Å². The number of carbonyl (C=O) groups is 1. The molecule has 5 nitrogen and oxygen atoms in total. The average Bonchev–Trinajstić information content (AvgIpc) is 2.67. The first kappa shape index (κ1) is 18.1. The molecule has 5 heteroatoms. The van der Waals surface area contributed by atoms with Gasteiger partial charge in [0.05, 0.1) is 0 Å². The van der Waals surface area contributed by atoms with Crippen LogP contribution >= 0.6 is 0 Å². The molecule has 1 N–H and O–H groups in total. The van der Waals surface area contributed by atoms with Gasteiger partial charge in [0.2, 0.25) is 0 Å². The van der Waals surface area contributed by atoms with Crippen molar-refractivity contribution in [3.8, 4) is 0 Å². The lowest BCUT2D eigenvalue weighted by atomic mass is 9.98. The summed E-state index contributed by atoms with van der Waals surface area (Å²) in [6.07, 6.45) is 2.56. The Morgan fingerprint density at radius 2 is 1.72 bits per heavy atom. The van der Waals surface area contributed by atoms with Crippen molar-refractivity contribution in [2.45, 2.75) is 32.7 Å². The Labute approximate surface area is 152 Å². The summed E-state index contributed by atoms with van der Waals surface area (Å²) in [6.45, 7) is 11.0. The van der Waals surface area contributed by atoms with E-state index in [0.29, 0.717) is 6.04 Å². The van der Waals surface area contributed by atoms with Gasteiger partial charge >= 0.3 is 6.03 Å². The first-order valence-corrected chi connectivity index (χ1v) is 9.70. The number of anilines is 1. The van der Waals surface area contributed by atoms with Gasteiger partial charge in [0.25, 0.3) is 0 Å². The van der Waals surface area contributed by atoms with Gasteiger partial charge in [-0.05, 0) is 50.9 Å². The molecular weight excluding hydrogens is 312 g/mol. The highest BCUT2D eigenvalue weighted by Gasteiger charge is 2.23. The van der Waals surface area contributed by atoms with Gasteiger partial charge < -0.3 is 15.1 Å². The van der Waals surface area contributed by atoms with Gasteiger partial charge in [-0.2, -0.15) is 0 Å². The minimum atomic E-state index is 0.0879. The van der Waals surface area contributed by atoms with Crippen LogP contribution in [0.25, 0.3) is 0 Å². The third kappa shape index (κ3) is 4.88. The van der Waals surface area contributed by atoms with Crippen molar-refractivity contribution >= 4 is 11.7 Å². The molecule has 0 bridgehead atoms. The van der Waals surface area contributed by atoms with Crippen molar-refractivity contribution < 1.29 is 4.79 Å². The van der Waals surface area contributed by atoms with Crippen LogP contribution in [0.5, 0.6) is 0 Å². The second kappa shape index (κ2) is 8.56. The summed E-state index contributed by atoms with van der Waals surface area (Å²) < 4.78 is 0. The Kier molecular flexibility index (Phi) is 6.19. The predicted octanol–water partition coefficient (Wildman–Crippen LogP) is 2.64. The van der Waals surface area contributed by atoms with Gasteiger partial charge in [-0.1, -0.05) is 25.1 Å². The second-order valence-corrected chi connectivity index (χ2v) is 7.56. The first-order chi connectivity index (χ1) is 12.1. The summed E-state index contributed by atoms with van der Waals surface area (Å²) >= 11 is 0. The third-order valence-electron chi connectivity index (χ3n) is 5.68. The lowest BCUT2D eigenvalue weighted by Gasteiger charge is -2.37. The van der Waals surface area contributed by atoms with E-state index in [0.717, 1.165) is 51.7 Å². The van der Waals surface area contributed by atoms with Crippen LogP contribution in [-0.2, 0) is 0 Å². The predicted molar refractivity (Wildman–Crippen MR) is 103 cm³/mol. The Bertz CT molecular complexity index is 534. The SMILES string of the molecule is CC1CCN(C(C)CNC(=O)N2CCN(c3ccccc3)CC2)CC1. The molecule has 0 aromatic heterocycles. The number of piperazine rings is 1. The molecule has 2 aliphatic heterocycles. The third-order valence-corrected chi connectivity index (χ3v) is 5.68. The summed E-state index contributed by atoms with van der Waals surface area (Å²) in [7, 11) is 0. The zero-order chi connectivity index (χ0) is 17.6. The van der Waals surface area contributed by atoms with Crippen LogP contribution in [-0.4, -0.2) is 67.7 Å². The van der Waals surface area contributed by atoms with Crippen molar-refractivity contribution in [2.75, 3.05) is 50.7 Å². The quantitative estimate of drug-likeness (QED) is 0.913.